The summed E-state index contributed by atoms with van der Waals surface area (Å²) in [6, 6.07) is 9.08. The molecule has 7 nitrogen and oxygen atoms in total. The van der Waals surface area contributed by atoms with Gasteiger partial charge in [-0.25, -0.2) is 5.21 Å². The number of fused-ring (bicyclic) bond motifs is 1. The second-order valence-corrected chi connectivity index (χ2v) is 5.26. The first kappa shape index (κ1) is 16.7. The molecule has 0 fully saturated rings. The Labute approximate surface area is 142 Å². The van der Waals surface area contributed by atoms with E-state index in [9.17, 15) is 15.1 Å². The summed E-state index contributed by atoms with van der Waals surface area (Å²) in [5.41, 5.74) is 1.27. The van der Waals surface area contributed by atoms with Crippen LogP contribution in [-0.2, 0) is 0 Å². The monoisotopic (exact) mass is 341 g/mol. The van der Waals surface area contributed by atoms with Gasteiger partial charge in [0.05, 0.1) is 18.8 Å². The molecular formula is C18H15NO6. The van der Waals surface area contributed by atoms with E-state index in [0.717, 1.165) is 0 Å². The number of carbonyl (C=O) groups excluding carboxylic acids is 1. The Bertz CT molecular complexity index is 940. The predicted octanol–water partition coefficient (Wildman–Crippen LogP) is 2.45. The first-order chi connectivity index (χ1) is 12.0. The smallest absolute Gasteiger partial charge is 0.193 e. The second kappa shape index (κ2) is 6.78. The van der Waals surface area contributed by atoms with Gasteiger partial charge in [0.1, 0.15) is 22.6 Å². The average Bonchev–Trinajstić information content (AvgIpc) is 3.06. The van der Waals surface area contributed by atoms with Crippen LogP contribution in [0.25, 0.3) is 17.0 Å². The van der Waals surface area contributed by atoms with E-state index in [1.54, 1.807) is 18.2 Å². The van der Waals surface area contributed by atoms with E-state index < -0.39 is 11.0 Å². The normalized spacial score (nSPS) is 12.6. The van der Waals surface area contributed by atoms with E-state index in [1.807, 2.05) is 0 Å². The van der Waals surface area contributed by atoms with Crippen molar-refractivity contribution in [1.29, 1.82) is 0 Å². The number of rotatable bonds is 5. The number of quaternary nitrogens is 1. The maximum Gasteiger partial charge on any atom is 0.193 e. The van der Waals surface area contributed by atoms with Crippen LogP contribution in [0.4, 0.5) is 5.69 Å². The zero-order valence-corrected chi connectivity index (χ0v) is 13.2. The Morgan fingerprint density at radius 2 is 2.00 bits per heavy atom. The number of furan rings is 1. The molecule has 7 heteroatoms. The number of allylic oxidation sites excluding steroid dienone is 1. The molecule has 128 valence electrons. The van der Waals surface area contributed by atoms with Crippen LogP contribution >= 0.6 is 0 Å². The van der Waals surface area contributed by atoms with Gasteiger partial charge in [-0.2, -0.15) is 5.23 Å². The number of methoxy groups -OCH3 is 1. The molecule has 0 spiro atoms. The third-order valence-electron chi connectivity index (χ3n) is 3.73. The number of benzene rings is 2. The molecule has 0 aliphatic rings. The molecule has 0 saturated heterocycles. The van der Waals surface area contributed by atoms with Crippen LogP contribution in [0, 0.1) is 5.21 Å². The molecule has 3 aromatic rings. The van der Waals surface area contributed by atoms with Crippen molar-refractivity contribution in [3.8, 4) is 11.5 Å². The lowest BCUT2D eigenvalue weighted by molar-refractivity contribution is -0.991. The minimum absolute atomic E-state index is 0.0369. The molecule has 2 aromatic carbocycles. The fraction of sp³-hybridized carbons (Fsp3) is 0.0556. The average molecular weight is 341 g/mol. The maximum absolute atomic E-state index is 12.5. The van der Waals surface area contributed by atoms with E-state index in [0.29, 0.717) is 16.5 Å². The van der Waals surface area contributed by atoms with Gasteiger partial charge < -0.3 is 19.5 Å². The molecule has 0 radical (unpaired) electrons. The van der Waals surface area contributed by atoms with Crippen LogP contribution < -0.4 is 9.96 Å². The van der Waals surface area contributed by atoms with Gasteiger partial charge in [-0.3, -0.25) is 4.79 Å². The number of hydrogen-bond acceptors (Lipinski definition) is 6. The number of nitrogens with one attached hydrogen (secondary N) is 1. The highest BCUT2D eigenvalue weighted by Gasteiger charge is 2.20. The van der Waals surface area contributed by atoms with Crippen molar-refractivity contribution in [2.75, 3.05) is 7.11 Å². The Kier molecular flexibility index (Phi) is 4.53. The van der Waals surface area contributed by atoms with Crippen molar-refractivity contribution in [3.63, 3.8) is 0 Å². The van der Waals surface area contributed by atoms with Crippen molar-refractivity contribution in [2.24, 2.45) is 0 Å². The van der Waals surface area contributed by atoms with Crippen LogP contribution in [0.2, 0.25) is 0 Å². The van der Waals surface area contributed by atoms with E-state index in [1.165, 1.54) is 43.7 Å². The lowest BCUT2D eigenvalue weighted by Gasteiger charge is -2.11. The standard InChI is InChI=1S/C18H15NO6/c1-24-18-13-8-9-25-16(13)10-15(21)17(18)14(20)7-4-11-2-5-12(6-3-11)19(22)23/h2-10,19,21-22H,1H3. The van der Waals surface area contributed by atoms with Gasteiger partial charge in [0.25, 0.3) is 0 Å². The Hall–Kier alpha value is -3.13. The number of phenolic OH excluding ortho intramolecular Hbond substituents is 1. The van der Waals surface area contributed by atoms with Crippen molar-refractivity contribution in [2.45, 2.75) is 0 Å². The van der Waals surface area contributed by atoms with E-state index in [-0.39, 0.29) is 22.7 Å². The number of ketones is 1. The fourth-order valence-electron chi connectivity index (χ4n) is 2.51. The predicted molar refractivity (Wildman–Crippen MR) is 90.0 cm³/mol. The number of ether oxygens (including phenoxy) is 1. The summed E-state index contributed by atoms with van der Waals surface area (Å²) < 4.78 is 10.5. The summed E-state index contributed by atoms with van der Waals surface area (Å²) in [6.07, 6.45) is 4.27. The third kappa shape index (κ3) is 3.24. The first-order valence-corrected chi connectivity index (χ1v) is 7.34. The Balaban J connectivity index is 1.93. The van der Waals surface area contributed by atoms with Crippen LogP contribution in [0.3, 0.4) is 0 Å². The molecule has 3 rings (SSSR count). The highest BCUT2D eigenvalue weighted by molar-refractivity contribution is 6.13. The molecule has 1 unspecified atom stereocenters. The molecule has 25 heavy (non-hydrogen) atoms. The molecular weight excluding hydrogens is 326 g/mol. The van der Waals surface area contributed by atoms with Crippen LogP contribution in [-0.4, -0.2) is 23.2 Å². The summed E-state index contributed by atoms with van der Waals surface area (Å²) in [4.78, 5) is 12.5. The fourth-order valence-corrected chi connectivity index (χ4v) is 2.51. The summed E-state index contributed by atoms with van der Waals surface area (Å²) in [7, 11) is 1.41. The number of phenols is 1. The van der Waals surface area contributed by atoms with Gasteiger partial charge in [-0.05, 0) is 29.8 Å². The van der Waals surface area contributed by atoms with Gasteiger partial charge in [0.2, 0.25) is 0 Å². The van der Waals surface area contributed by atoms with Crippen molar-refractivity contribution in [3.05, 3.63) is 65.1 Å². The molecule has 0 bridgehead atoms. The van der Waals surface area contributed by atoms with Gasteiger partial charge in [-0.1, -0.05) is 6.08 Å². The molecule has 1 heterocycles. The van der Waals surface area contributed by atoms with E-state index in [4.69, 9.17) is 14.4 Å². The molecule has 0 aliphatic heterocycles. The minimum Gasteiger partial charge on any atom is -0.595 e. The molecule has 3 N–H and O–H groups in total. The van der Waals surface area contributed by atoms with Crippen molar-refractivity contribution in [1.82, 2.24) is 0 Å². The maximum atomic E-state index is 12.5. The molecule has 0 saturated carbocycles. The first-order valence-electron chi connectivity index (χ1n) is 7.34. The number of carbonyl (C=O) groups is 1. The summed E-state index contributed by atoms with van der Waals surface area (Å²) in [5.74, 6) is -0.449. The van der Waals surface area contributed by atoms with Crippen LogP contribution in [0.15, 0.2) is 53.2 Å². The number of hydrogen-bond donors (Lipinski definition) is 3. The molecule has 0 amide bonds. The van der Waals surface area contributed by atoms with E-state index in [2.05, 4.69) is 0 Å². The van der Waals surface area contributed by atoms with Crippen LogP contribution in [0.5, 0.6) is 11.5 Å². The zero-order valence-electron chi connectivity index (χ0n) is 13.2. The summed E-state index contributed by atoms with van der Waals surface area (Å²) >= 11 is 0. The van der Waals surface area contributed by atoms with Crippen molar-refractivity contribution < 1.29 is 29.5 Å². The van der Waals surface area contributed by atoms with Gasteiger partial charge in [0, 0.05) is 18.2 Å². The summed E-state index contributed by atoms with van der Waals surface area (Å²) in [5, 5.41) is 29.4. The quantitative estimate of drug-likeness (QED) is 0.374. The molecule has 1 aromatic heterocycles. The molecule has 1 atom stereocenters. The van der Waals surface area contributed by atoms with Crippen molar-refractivity contribution >= 4 is 28.5 Å². The molecule has 0 aliphatic carbocycles. The highest BCUT2D eigenvalue weighted by atomic mass is 16.8. The highest BCUT2D eigenvalue weighted by Crippen LogP contribution is 2.37. The summed E-state index contributed by atoms with van der Waals surface area (Å²) in [6.45, 7) is 0. The largest absolute Gasteiger partial charge is 0.595 e. The van der Waals surface area contributed by atoms with Gasteiger partial charge in [0.15, 0.2) is 11.5 Å². The lowest BCUT2D eigenvalue weighted by Crippen LogP contribution is -2.99. The lowest BCUT2D eigenvalue weighted by atomic mass is 10.0. The Morgan fingerprint density at radius 1 is 1.28 bits per heavy atom. The third-order valence-corrected chi connectivity index (χ3v) is 3.73. The second-order valence-electron chi connectivity index (χ2n) is 5.26. The van der Waals surface area contributed by atoms with E-state index >= 15 is 0 Å². The van der Waals surface area contributed by atoms with Gasteiger partial charge >= 0.3 is 0 Å². The Morgan fingerprint density at radius 3 is 2.64 bits per heavy atom. The minimum atomic E-state index is -1.02. The van der Waals surface area contributed by atoms with Crippen LogP contribution in [0.1, 0.15) is 15.9 Å². The topological polar surface area (TPSA) is 107 Å². The number of aromatic hydroxyl groups is 1. The SMILES string of the molecule is COc1c(C(=O)C=Cc2ccc([NH+]([O-])O)cc2)c(O)cc2occc12. The van der Waals surface area contributed by atoms with Gasteiger partial charge in [-0.15, -0.1) is 0 Å². The zero-order chi connectivity index (χ0) is 18.0.